The highest BCUT2D eigenvalue weighted by atomic mass is 32.1. The standard InChI is InChI=1S/C15H20N2OS/c1-3-7-16-8-4-13-12(16)5-9-17(13)15(18)14-11(2)6-10-19-14/h3,6,10,12-13H,1,4-5,7-9H2,2H3/t12-,13+/m1/s1. The second-order valence-electron chi connectivity index (χ2n) is 5.43. The SMILES string of the molecule is C=CCN1CC[C@H]2[C@H]1CCN2C(=O)c1sccc1C. The number of likely N-dealkylation sites (tertiary alicyclic amines) is 2. The monoisotopic (exact) mass is 276 g/mol. The molecule has 2 aliphatic rings. The van der Waals surface area contributed by atoms with Crippen LogP contribution in [0.4, 0.5) is 0 Å². The highest BCUT2D eigenvalue weighted by Gasteiger charge is 2.44. The second-order valence-corrected chi connectivity index (χ2v) is 6.34. The Bertz CT molecular complexity index is 496. The van der Waals surface area contributed by atoms with Gasteiger partial charge in [0, 0.05) is 31.7 Å². The van der Waals surface area contributed by atoms with E-state index in [9.17, 15) is 4.79 Å². The van der Waals surface area contributed by atoms with Crippen LogP contribution in [0.15, 0.2) is 24.1 Å². The summed E-state index contributed by atoms with van der Waals surface area (Å²) in [4.78, 5) is 18.1. The third kappa shape index (κ3) is 2.13. The fraction of sp³-hybridized carbons (Fsp3) is 0.533. The molecule has 2 atom stereocenters. The van der Waals surface area contributed by atoms with Gasteiger partial charge in [0.15, 0.2) is 0 Å². The van der Waals surface area contributed by atoms with Gasteiger partial charge >= 0.3 is 0 Å². The average Bonchev–Trinajstić information content (AvgIpc) is 3.06. The average molecular weight is 276 g/mol. The largest absolute Gasteiger partial charge is 0.333 e. The molecule has 2 saturated heterocycles. The van der Waals surface area contributed by atoms with Gasteiger partial charge in [0.25, 0.3) is 5.91 Å². The fourth-order valence-electron chi connectivity index (χ4n) is 3.44. The molecule has 0 aliphatic carbocycles. The molecule has 2 fully saturated rings. The van der Waals surface area contributed by atoms with Crippen molar-refractivity contribution >= 4 is 17.2 Å². The van der Waals surface area contributed by atoms with Gasteiger partial charge in [-0.3, -0.25) is 9.69 Å². The van der Waals surface area contributed by atoms with Crippen LogP contribution in [0.1, 0.15) is 28.1 Å². The minimum absolute atomic E-state index is 0.237. The van der Waals surface area contributed by atoms with E-state index in [1.54, 1.807) is 11.3 Å². The Balaban J connectivity index is 1.76. The first kappa shape index (κ1) is 12.9. The zero-order valence-corrected chi connectivity index (χ0v) is 12.2. The Labute approximate surface area is 118 Å². The first-order chi connectivity index (χ1) is 9.22. The van der Waals surface area contributed by atoms with Crippen LogP contribution < -0.4 is 0 Å². The van der Waals surface area contributed by atoms with Crippen molar-refractivity contribution in [1.29, 1.82) is 0 Å². The summed E-state index contributed by atoms with van der Waals surface area (Å²) in [6, 6.07) is 2.99. The predicted octanol–water partition coefficient (Wildman–Crippen LogP) is 2.53. The van der Waals surface area contributed by atoms with E-state index in [4.69, 9.17) is 0 Å². The van der Waals surface area contributed by atoms with Gasteiger partial charge in [-0.15, -0.1) is 17.9 Å². The number of amides is 1. The smallest absolute Gasteiger partial charge is 0.264 e. The van der Waals surface area contributed by atoms with E-state index < -0.39 is 0 Å². The van der Waals surface area contributed by atoms with Crippen molar-refractivity contribution in [3.05, 3.63) is 34.5 Å². The molecule has 3 heterocycles. The molecular weight excluding hydrogens is 256 g/mol. The third-order valence-corrected chi connectivity index (χ3v) is 5.38. The summed E-state index contributed by atoms with van der Waals surface area (Å²) in [5.74, 6) is 0.237. The van der Waals surface area contributed by atoms with Gasteiger partial charge in [-0.1, -0.05) is 6.08 Å². The molecule has 0 radical (unpaired) electrons. The number of fused-ring (bicyclic) bond motifs is 1. The summed E-state index contributed by atoms with van der Waals surface area (Å²) in [6.45, 7) is 8.79. The lowest BCUT2D eigenvalue weighted by Crippen LogP contribution is -2.39. The highest BCUT2D eigenvalue weighted by Crippen LogP contribution is 2.33. The summed E-state index contributed by atoms with van der Waals surface area (Å²) in [5, 5.41) is 2.01. The Kier molecular flexibility index (Phi) is 3.46. The fourth-order valence-corrected chi connectivity index (χ4v) is 4.32. The third-order valence-electron chi connectivity index (χ3n) is 4.37. The maximum absolute atomic E-state index is 12.6. The summed E-state index contributed by atoms with van der Waals surface area (Å²) < 4.78 is 0. The van der Waals surface area contributed by atoms with E-state index in [2.05, 4.69) is 16.4 Å². The Morgan fingerprint density at radius 1 is 1.47 bits per heavy atom. The maximum atomic E-state index is 12.6. The summed E-state index contributed by atoms with van der Waals surface area (Å²) in [6.07, 6.45) is 4.18. The van der Waals surface area contributed by atoms with Crippen molar-refractivity contribution in [2.45, 2.75) is 31.8 Å². The molecular formula is C15H20N2OS. The van der Waals surface area contributed by atoms with Crippen molar-refractivity contribution in [3.8, 4) is 0 Å². The molecule has 1 aromatic heterocycles. The lowest BCUT2D eigenvalue weighted by Gasteiger charge is -2.25. The first-order valence-electron chi connectivity index (χ1n) is 6.92. The molecule has 0 aromatic carbocycles. The molecule has 0 bridgehead atoms. The zero-order valence-electron chi connectivity index (χ0n) is 11.3. The normalized spacial score (nSPS) is 26.7. The van der Waals surface area contributed by atoms with E-state index in [-0.39, 0.29) is 5.91 Å². The van der Waals surface area contributed by atoms with Crippen LogP contribution in [-0.2, 0) is 0 Å². The maximum Gasteiger partial charge on any atom is 0.264 e. The first-order valence-corrected chi connectivity index (χ1v) is 7.80. The number of aryl methyl sites for hydroxylation is 1. The van der Waals surface area contributed by atoms with Crippen molar-refractivity contribution in [2.24, 2.45) is 0 Å². The van der Waals surface area contributed by atoms with E-state index in [0.29, 0.717) is 12.1 Å². The van der Waals surface area contributed by atoms with E-state index in [1.165, 1.54) is 0 Å². The van der Waals surface area contributed by atoms with E-state index >= 15 is 0 Å². The van der Waals surface area contributed by atoms with Gasteiger partial charge in [-0.05, 0) is 36.8 Å². The molecule has 1 amide bonds. The molecule has 0 saturated carbocycles. The summed E-state index contributed by atoms with van der Waals surface area (Å²) >= 11 is 1.57. The highest BCUT2D eigenvalue weighted by molar-refractivity contribution is 7.12. The molecule has 19 heavy (non-hydrogen) atoms. The van der Waals surface area contributed by atoms with Gasteiger partial charge in [-0.2, -0.15) is 0 Å². The second kappa shape index (κ2) is 5.10. The van der Waals surface area contributed by atoms with Crippen molar-refractivity contribution < 1.29 is 4.79 Å². The van der Waals surface area contributed by atoms with Crippen molar-refractivity contribution in [1.82, 2.24) is 9.80 Å². The summed E-state index contributed by atoms with van der Waals surface area (Å²) in [5.41, 5.74) is 1.11. The molecule has 0 spiro atoms. The number of thiophene rings is 1. The van der Waals surface area contributed by atoms with Gasteiger partial charge < -0.3 is 4.90 Å². The number of hydrogen-bond donors (Lipinski definition) is 0. The van der Waals surface area contributed by atoms with Crippen LogP contribution in [-0.4, -0.2) is 47.4 Å². The van der Waals surface area contributed by atoms with Crippen LogP contribution in [0.5, 0.6) is 0 Å². The molecule has 2 aliphatic heterocycles. The van der Waals surface area contributed by atoms with Gasteiger partial charge in [0.1, 0.15) is 0 Å². The molecule has 0 unspecified atom stereocenters. The van der Waals surface area contributed by atoms with Crippen LogP contribution in [0, 0.1) is 6.92 Å². The molecule has 3 rings (SSSR count). The Hall–Kier alpha value is -1.13. The van der Waals surface area contributed by atoms with Crippen molar-refractivity contribution in [3.63, 3.8) is 0 Å². The van der Waals surface area contributed by atoms with Gasteiger partial charge in [0.2, 0.25) is 0 Å². The summed E-state index contributed by atoms with van der Waals surface area (Å²) in [7, 11) is 0. The van der Waals surface area contributed by atoms with Crippen LogP contribution in [0.2, 0.25) is 0 Å². The zero-order chi connectivity index (χ0) is 13.4. The number of rotatable bonds is 3. The van der Waals surface area contributed by atoms with E-state index in [1.807, 2.05) is 24.4 Å². The van der Waals surface area contributed by atoms with Crippen LogP contribution >= 0.6 is 11.3 Å². The molecule has 1 aromatic rings. The topological polar surface area (TPSA) is 23.6 Å². The van der Waals surface area contributed by atoms with Crippen LogP contribution in [0.3, 0.4) is 0 Å². The molecule has 102 valence electrons. The van der Waals surface area contributed by atoms with E-state index in [0.717, 1.165) is 42.9 Å². The Morgan fingerprint density at radius 3 is 2.95 bits per heavy atom. The molecule has 3 nitrogen and oxygen atoms in total. The number of carbonyl (C=O) groups excluding carboxylic acids is 1. The minimum atomic E-state index is 0.237. The van der Waals surface area contributed by atoms with Crippen LogP contribution in [0.25, 0.3) is 0 Å². The van der Waals surface area contributed by atoms with Gasteiger partial charge in [0.05, 0.1) is 4.88 Å². The lowest BCUT2D eigenvalue weighted by atomic mass is 10.1. The molecule has 0 N–H and O–H groups in total. The van der Waals surface area contributed by atoms with Gasteiger partial charge in [-0.25, -0.2) is 0 Å². The number of nitrogens with zero attached hydrogens (tertiary/aromatic N) is 2. The number of hydrogen-bond acceptors (Lipinski definition) is 3. The minimum Gasteiger partial charge on any atom is -0.333 e. The van der Waals surface area contributed by atoms with Crippen molar-refractivity contribution in [2.75, 3.05) is 19.6 Å². The number of carbonyl (C=O) groups is 1. The lowest BCUT2D eigenvalue weighted by molar-refractivity contribution is 0.0737. The Morgan fingerprint density at radius 2 is 2.26 bits per heavy atom. The molecule has 4 heteroatoms. The quantitative estimate of drug-likeness (QED) is 0.792. The predicted molar refractivity (Wildman–Crippen MR) is 78.7 cm³/mol.